The van der Waals surface area contributed by atoms with E-state index >= 15 is 0 Å². The van der Waals surface area contributed by atoms with Gasteiger partial charge in [0.1, 0.15) is 0 Å². The number of halogens is 3. The number of rotatable bonds is 1. The van der Waals surface area contributed by atoms with Crippen molar-refractivity contribution in [3.8, 4) is 0 Å². The molecule has 0 aliphatic heterocycles. The molecular formula is C12H11F3N2. The summed E-state index contributed by atoms with van der Waals surface area (Å²) in [6, 6.07) is 5.77. The monoisotopic (exact) mass is 240 g/mol. The lowest BCUT2D eigenvalue weighted by molar-refractivity contribution is -0.136. The van der Waals surface area contributed by atoms with Gasteiger partial charge in [0.15, 0.2) is 0 Å². The second-order valence-electron chi connectivity index (χ2n) is 3.83. The van der Waals surface area contributed by atoms with Crippen LogP contribution in [0.25, 0.3) is 10.9 Å². The fourth-order valence-electron chi connectivity index (χ4n) is 1.82. The van der Waals surface area contributed by atoms with Gasteiger partial charge < -0.3 is 5.73 Å². The number of fused-ring (bicyclic) bond motifs is 1. The number of para-hydroxylation sites is 1. The van der Waals surface area contributed by atoms with Crippen LogP contribution in [0.3, 0.4) is 0 Å². The van der Waals surface area contributed by atoms with Gasteiger partial charge in [-0.25, -0.2) is 0 Å². The Balaban J connectivity index is 2.83. The van der Waals surface area contributed by atoms with Gasteiger partial charge in [-0.3, -0.25) is 4.98 Å². The van der Waals surface area contributed by atoms with Gasteiger partial charge >= 0.3 is 6.18 Å². The minimum atomic E-state index is -4.40. The lowest BCUT2D eigenvalue weighted by Gasteiger charge is -2.12. The highest BCUT2D eigenvalue weighted by molar-refractivity contribution is 5.85. The molecule has 2 N–H and O–H groups in total. The Kier molecular flexibility index (Phi) is 2.79. The molecule has 0 saturated carbocycles. The van der Waals surface area contributed by atoms with Crippen molar-refractivity contribution >= 4 is 10.9 Å². The molecule has 90 valence electrons. The summed E-state index contributed by atoms with van der Waals surface area (Å²) >= 11 is 0. The van der Waals surface area contributed by atoms with Gasteiger partial charge in [-0.1, -0.05) is 12.1 Å². The Bertz CT molecular complexity index is 561. The van der Waals surface area contributed by atoms with Gasteiger partial charge in [0.25, 0.3) is 0 Å². The van der Waals surface area contributed by atoms with Crippen LogP contribution in [0.2, 0.25) is 0 Å². The predicted molar refractivity (Wildman–Crippen MR) is 59.4 cm³/mol. The fraction of sp³-hybridized carbons (Fsp3) is 0.250. The van der Waals surface area contributed by atoms with E-state index in [9.17, 15) is 13.2 Å². The summed E-state index contributed by atoms with van der Waals surface area (Å²) in [5.74, 6) is 0. The van der Waals surface area contributed by atoms with Crippen molar-refractivity contribution in [2.45, 2.75) is 19.6 Å². The zero-order chi connectivity index (χ0) is 12.6. The third-order valence-electron chi connectivity index (χ3n) is 2.61. The smallest absolute Gasteiger partial charge is 0.325 e. The first-order valence-corrected chi connectivity index (χ1v) is 5.10. The molecule has 2 rings (SSSR count). The number of hydrogen-bond donors (Lipinski definition) is 1. The van der Waals surface area contributed by atoms with Crippen LogP contribution in [0.15, 0.2) is 24.3 Å². The van der Waals surface area contributed by atoms with Gasteiger partial charge in [-0.2, -0.15) is 13.2 Å². The molecule has 0 atom stereocenters. The lowest BCUT2D eigenvalue weighted by Crippen LogP contribution is -2.08. The SMILES string of the molecule is Cc1cc(CN)nc2c(C(F)(F)F)cccc12. The summed E-state index contributed by atoms with van der Waals surface area (Å²) in [6.07, 6.45) is -4.40. The van der Waals surface area contributed by atoms with Crippen LogP contribution >= 0.6 is 0 Å². The summed E-state index contributed by atoms with van der Waals surface area (Å²) in [7, 11) is 0. The van der Waals surface area contributed by atoms with Crippen LogP contribution in [0.1, 0.15) is 16.8 Å². The van der Waals surface area contributed by atoms with Gasteiger partial charge in [-0.05, 0) is 24.6 Å². The molecule has 1 heterocycles. The summed E-state index contributed by atoms with van der Waals surface area (Å²) in [5, 5.41) is 0.511. The van der Waals surface area contributed by atoms with Crippen molar-refractivity contribution in [1.29, 1.82) is 0 Å². The Morgan fingerprint density at radius 2 is 2.00 bits per heavy atom. The molecule has 0 bridgehead atoms. The number of pyridine rings is 1. The first kappa shape index (κ1) is 11.9. The summed E-state index contributed by atoms with van der Waals surface area (Å²) < 4.78 is 38.4. The van der Waals surface area contributed by atoms with E-state index in [1.54, 1.807) is 19.1 Å². The molecule has 17 heavy (non-hydrogen) atoms. The van der Waals surface area contributed by atoms with Crippen LogP contribution in [0.4, 0.5) is 13.2 Å². The van der Waals surface area contributed by atoms with Gasteiger partial charge in [0.05, 0.1) is 16.8 Å². The average Bonchev–Trinajstić information content (AvgIpc) is 2.26. The molecule has 1 aromatic heterocycles. The highest BCUT2D eigenvalue weighted by Crippen LogP contribution is 2.34. The van der Waals surface area contributed by atoms with Gasteiger partial charge in [0, 0.05) is 11.9 Å². The lowest BCUT2D eigenvalue weighted by atomic mass is 10.0. The second-order valence-corrected chi connectivity index (χ2v) is 3.83. The second kappa shape index (κ2) is 4.00. The third kappa shape index (κ3) is 2.10. The van der Waals surface area contributed by atoms with Crippen LogP contribution in [-0.4, -0.2) is 4.98 Å². The number of aromatic nitrogens is 1. The molecule has 0 unspecified atom stereocenters. The van der Waals surface area contributed by atoms with E-state index < -0.39 is 11.7 Å². The topological polar surface area (TPSA) is 38.9 Å². The molecule has 0 amide bonds. The number of hydrogen-bond acceptors (Lipinski definition) is 2. The largest absolute Gasteiger partial charge is 0.418 e. The third-order valence-corrected chi connectivity index (χ3v) is 2.61. The average molecular weight is 240 g/mol. The summed E-state index contributed by atoms with van der Waals surface area (Å²) in [5.41, 5.74) is 5.90. The maximum atomic E-state index is 12.8. The van der Waals surface area contributed by atoms with E-state index in [4.69, 9.17) is 5.73 Å². The first-order valence-electron chi connectivity index (χ1n) is 5.10. The standard InChI is InChI=1S/C12H11F3N2/c1-7-5-8(6-16)17-11-9(7)3-2-4-10(11)12(13,14)15/h2-5H,6,16H2,1H3. The quantitative estimate of drug-likeness (QED) is 0.832. The predicted octanol–water partition coefficient (Wildman–Crippen LogP) is 3.02. The highest BCUT2D eigenvalue weighted by atomic mass is 19.4. The molecule has 0 fully saturated rings. The maximum Gasteiger partial charge on any atom is 0.418 e. The number of nitrogens with zero attached hydrogens (tertiary/aromatic N) is 1. The Morgan fingerprint density at radius 1 is 1.29 bits per heavy atom. The van der Waals surface area contributed by atoms with Crippen molar-refractivity contribution in [3.05, 3.63) is 41.1 Å². The van der Waals surface area contributed by atoms with Crippen molar-refractivity contribution in [2.75, 3.05) is 0 Å². The van der Waals surface area contributed by atoms with Crippen molar-refractivity contribution < 1.29 is 13.2 Å². The zero-order valence-electron chi connectivity index (χ0n) is 9.17. The Labute approximate surface area is 96.3 Å². The number of nitrogens with two attached hydrogens (primary N) is 1. The molecule has 1 aromatic carbocycles. The fourth-order valence-corrected chi connectivity index (χ4v) is 1.82. The molecule has 0 aliphatic rings. The Hall–Kier alpha value is -1.62. The molecule has 2 nitrogen and oxygen atoms in total. The molecular weight excluding hydrogens is 229 g/mol. The van der Waals surface area contributed by atoms with Crippen molar-refractivity contribution in [1.82, 2.24) is 4.98 Å². The number of benzene rings is 1. The van der Waals surface area contributed by atoms with Gasteiger partial charge in [0.2, 0.25) is 0 Å². The number of aryl methyl sites for hydroxylation is 1. The normalized spacial score (nSPS) is 12.1. The zero-order valence-corrected chi connectivity index (χ0v) is 9.17. The maximum absolute atomic E-state index is 12.8. The molecule has 2 aromatic rings. The van der Waals surface area contributed by atoms with Crippen molar-refractivity contribution in [3.63, 3.8) is 0 Å². The van der Waals surface area contributed by atoms with E-state index in [1.807, 2.05) is 0 Å². The van der Waals surface area contributed by atoms with E-state index in [2.05, 4.69) is 4.98 Å². The van der Waals surface area contributed by atoms with Crippen LogP contribution in [0, 0.1) is 6.92 Å². The summed E-state index contributed by atoms with van der Waals surface area (Å²) in [4.78, 5) is 3.98. The molecule has 0 spiro atoms. The Morgan fingerprint density at radius 3 is 2.59 bits per heavy atom. The van der Waals surface area contributed by atoms with E-state index in [1.165, 1.54) is 6.07 Å². The molecule has 0 saturated heterocycles. The van der Waals surface area contributed by atoms with E-state index in [0.717, 1.165) is 11.6 Å². The summed E-state index contributed by atoms with van der Waals surface area (Å²) in [6.45, 7) is 1.88. The van der Waals surface area contributed by atoms with Gasteiger partial charge in [-0.15, -0.1) is 0 Å². The minimum Gasteiger partial charge on any atom is -0.325 e. The molecule has 5 heteroatoms. The van der Waals surface area contributed by atoms with Crippen LogP contribution in [0.5, 0.6) is 0 Å². The minimum absolute atomic E-state index is 0.0274. The van der Waals surface area contributed by atoms with E-state index in [-0.39, 0.29) is 12.1 Å². The molecule has 0 radical (unpaired) electrons. The van der Waals surface area contributed by atoms with Crippen LogP contribution in [-0.2, 0) is 12.7 Å². The molecule has 0 aliphatic carbocycles. The number of alkyl halides is 3. The highest BCUT2D eigenvalue weighted by Gasteiger charge is 2.33. The van der Waals surface area contributed by atoms with E-state index in [0.29, 0.717) is 11.1 Å². The first-order chi connectivity index (χ1) is 7.93. The van der Waals surface area contributed by atoms with Crippen molar-refractivity contribution in [2.24, 2.45) is 5.73 Å². The van der Waals surface area contributed by atoms with Crippen LogP contribution < -0.4 is 5.73 Å².